The zero-order valence-corrected chi connectivity index (χ0v) is 11.1. The van der Waals surface area contributed by atoms with Crippen LogP contribution in [0.2, 0.25) is 0 Å². The number of benzene rings is 1. The number of rotatable bonds is 5. The zero-order chi connectivity index (χ0) is 14.5. The molecule has 0 atom stereocenters. The fourth-order valence-electron chi connectivity index (χ4n) is 1.19. The molecule has 0 aliphatic rings. The summed E-state index contributed by atoms with van der Waals surface area (Å²) in [7, 11) is 0. The summed E-state index contributed by atoms with van der Waals surface area (Å²) < 4.78 is 52.9. The third-order valence-corrected chi connectivity index (χ3v) is 2.66. The van der Waals surface area contributed by atoms with Crippen molar-refractivity contribution in [3.05, 3.63) is 34.1 Å². The van der Waals surface area contributed by atoms with Crippen LogP contribution in [0.5, 0.6) is 0 Å². The van der Waals surface area contributed by atoms with E-state index in [1.807, 2.05) is 0 Å². The first kappa shape index (κ1) is 15.9. The Morgan fingerprint density at radius 3 is 2.68 bits per heavy atom. The van der Waals surface area contributed by atoms with E-state index in [1.165, 1.54) is 12.1 Å². The molecule has 0 fully saturated rings. The molecular formula is C11H10BrF4NO2. The van der Waals surface area contributed by atoms with E-state index in [1.54, 1.807) is 0 Å². The summed E-state index contributed by atoms with van der Waals surface area (Å²) >= 11 is 3.07. The molecule has 0 radical (unpaired) electrons. The van der Waals surface area contributed by atoms with Gasteiger partial charge in [0.25, 0.3) is 5.91 Å². The van der Waals surface area contributed by atoms with Crippen molar-refractivity contribution in [3.63, 3.8) is 0 Å². The van der Waals surface area contributed by atoms with Crippen LogP contribution in [0.1, 0.15) is 10.4 Å². The Bertz CT molecular complexity index is 451. The van der Waals surface area contributed by atoms with Gasteiger partial charge in [0.1, 0.15) is 12.4 Å². The van der Waals surface area contributed by atoms with Crippen molar-refractivity contribution in [2.45, 2.75) is 6.18 Å². The molecule has 0 unspecified atom stereocenters. The lowest BCUT2D eigenvalue weighted by atomic mass is 10.2. The fourth-order valence-corrected chi connectivity index (χ4v) is 1.62. The minimum atomic E-state index is -4.39. The molecule has 1 rings (SSSR count). The Balaban J connectivity index is 2.38. The van der Waals surface area contributed by atoms with Crippen molar-refractivity contribution >= 4 is 21.8 Å². The first-order chi connectivity index (χ1) is 8.79. The van der Waals surface area contributed by atoms with E-state index < -0.39 is 24.5 Å². The van der Waals surface area contributed by atoms with Crippen molar-refractivity contribution < 1.29 is 27.1 Å². The summed E-state index contributed by atoms with van der Waals surface area (Å²) in [6.45, 7) is -1.75. The predicted octanol–water partition coefficient (Wildman–Crippen LogP) is 2.90. The molecule has 0 heterocycles. The van der Waals surface area contributed by atoms with Gasteiger partial charge in [0.2, 0.25) is 0 Å². The maximum atomic E-state index is 12.9. The van der Waals surface area contributed by atoms with Crippen LogP contribution in [0.25, 0.3) is 0 Å². The molecule has 1 N–H and O–H groups in total. The van der Waals surface area contributed by atoms with Gasteiger partial charge in [0.05, 0.1) is 12.2 Å². The molecular weight excluding hydrogens is 334 g/mol. The Kier molecular flexibility index (Phi) is 5.74. The SMILES string of the molecule is O=C(NCCOCC(F)(F)F)c1cc(F)ccc1Br. The number of halogens is 5. The number of hydrogen-bond acceptors (Lipinski definition) is 2. The highest BCUT2D eigenvalue weighted by Crippen LogP contribution is 2.17. The topological polar surface area (TPSA) is 38.3 Å². The highest BCUT2D eigenvalue weighted by Gasteiger charge is 2.27. The van der Waals surface area contributed by atoms with Crippen LogP contribution in [0, 0.1) is 5.82 Å². The summed E-state index contributed by atoms with van der Waals surface area (Å²) in [5.41, 5.74) is 0.0656. The Morgan fingerprint density at radius 1 is 1.37 bits per heavy atom. The van der Waals surface area contributed by atoms with Crippen LogP contribution in [-0.4, -0.2) is 31.8 Å². The summed E-state index contributed by atoms with van der Waals surface area (Å²) in [5, 5.41) is 2.33. The number of alkyl halides is 3. The number of carbonyl (C=O) groups excluding carboxylic acids is 1. The molecule has 0 saturated carbocycles. The summed E-state index contributed by atoms with van der Waals surface area (Å²) in [6.07, 6.45) is -4.39. The second kappa shape index (κ2) is 6.85. The third kappa shape index (κ3) is 6.02. The van der Waals surface area contributed by atoms with E-state index in [0.29, 0.717) is 4.47 Å². The molecule has 0 aromatic heterocycles. The first-order valence-corrected chi connectivity index (χ1v) is 5.96. The summed E-state index contributed by atoms with van der Waals surface area (Å²) in [5.74, 6) is -1.18. The molecule has 1 aromatic rings. The minimum absolute atomic E-state index is 0.0656. The standard InChI is InChI=1S/C11H10BrF4NO2/c12-9-2-1-7(13)5-8(9)10(18)17-3-4-19-6-11(14,15)16/h1-2,5H,3-4,6H2,(H,17,18). The van der Waals surface area contributed by atoms with Gasteiger partial charge in [0, 0.05) is 11.0 Å². The Labute approximate surface area is 115 Å². The Morgan fingerprint density at radius 2 is 2.05 bits per heavy atom. The van der Waals surface area contributed by atoms with Crippen LogP contribution in [-0.2, 0) is 4.74 Å². The van der Waals surface area contributed by atoms with E-state index in [0.717, 1.165) is 6.07 Å². The molecule has 0 spiro atoms. The molecule has 106 valence electrons. The number of nitrogens with one attached hydrogen (secondary N) is 1. The number of hydrogen-bond donors (Lipinski definition) is 1. The van der Waals surface area contributed by atoms with Crippen molar-refractivity contribution in [1.29, 1.82) is 0 Å². The molecule has 1 aromatic carbocycles. The van der Waals surface area contributed by atoms with Gasteiger partial charge in [-0.25, -0.2) is 4.39 Å². The zero-order valence-electron chi connectivity index (χ0n) is 9.56. The van der Waals surface area contributed by atoms with Crippen LogP contribution in [0.3, 0.4) is 0 Å². The first-order valence-electron chi connectivity index (χ1n) is 5.17. The predicted molar refractivity (Wildman–Crippen MR) is 63.3 cm³/mol. The second-order valence-corrected chi connectivity index (χ2v) is 4.40. The monoisotopic (exact) mass is 343 g/mol. The van der Waals surface area contributed by atoms with E-state index in [-0.39, 0.29) is 18.7 Å². The lowest BCUT2D eigenvalue weighted by Crippen LogP contribution is -2.29. The van der Waals surface area contributed by atoms with Crippen molar-refractivity contribution in [3.8, 4) is 0 Å². The summed E-state index contributed by atoms with van der Waals surface area (Å²) in [6, 6.07) is 3.56. The van der Waals surface area contributed by atoms with Crippen molar-refractivity contribution in [1.82, 2.24) is 5.32 Å². The van der Waals surface area contributed by atoms with Gasteiger partial charge in [-0.05, 0) is 34.1 Å². The van der Waals surface area contributed by atoms with Gasteiger partial charge in [-0.2, -0.15) is 13.2 Å². The summed E-state index contributed by atoms with van der Waals surface area (Å²) in [4.78, 5) is 11.6. The Hall–Kier alpha value is -1.15. The van der Waals surface area contributed by atoms with Crippen molar-refractivity contribution in [2.75, 3.05) is 19.8 Å². The number of ether oxygens (including phenoxy) is 1. The molecule has 0 bridgehead atoms. The average molecular weight is 344 g/mol. The number of amides is 1. The minimum Gasteiger partial charge on any atom is -0.370 e. The van der Waals surface area contributed by atoms with E-state index in [2.05, 4.69) is 26.0 Å². The molecule has 0 aliphatic heterocycles. The van der Waals surface area contributed by atoms with Crippen LogP contribution in [0.15, 0.2) is 22.7 Å². The van der Waals surface area contributed by atoms with E-state index >= 15 is 0 Å². The van der Waals surface area contributed by atoms with Crippen LogP contribution >= 0.6 is 15.9 Å². The van der Waals surface area contributed by atoms with Gasteiger partial charge in [-0.1, -0.05) is 0 Å². The average Bonchev–Trinajstić information content (AvgIpc) is 2.30. The van der Waals surface area contributed by atoms with E-state index in [4.69, 9.17) is 0 Å². The maximum Gasteiger partial charge on any atom is 0.411 e. The lowest BCUT2D eigenvalue weighted by molar-refractivity contribution is -0.173. The molecule has 3 nitrogen and oxygen atoms in total. The van der Waals surface area contributed by atoms with Gasteiger partial charge in [-0.3, -0.25) is 4.79 Å². The van der Waals surface area contributed by atoms with Gasteiger partial charge in [-0.15, -0.1) is 0 Å². The van der Waals surface area contributed by atoms with Gasteiger partial charge < -0.3 is 10.1 Å². The fraction of sp³-hybridized carbons (Fsp3) is 0.364. The molecule has 0 aliphatic carbocycles. The normalized spacial score (nSPS) is 11.4. The smallest absolute Gasteiger partial charge is 0.370 e. The lowest BCUT2D eigenvalue weighted by Gasteiger charge is -2.09. The van der Waals surface area contributed by atoms with Crippen LogP contribution in [0.4, 0.5) is 17.6 Å². The maximum absolute atomic E-state index is 12.9. The molecule has 19 heavy (non-hydrogen) atoms. The number of carbonyl (C=O) groups is 1. The highest BCUT2D eigenvalue weighted by atomic mass is 79.9. The molecule has 8 heteroatoms. The van der Waals surface area contributed by atoms with Crippen LogP contribution < -0.4 is 5.32 Å². The molecule has 1 amide bonds. The second-order valence-electron chi connectivity index (χ2n) is 3.55. The largest absolute Gasteiger partial charge is 0.411 e. The van der Waals surface area contributed by atoms with Crippen molar-refractivity contribution in [2.24, 2.45) is 0 Å². The third-order valence-electron chi connectivity index (χ3n) is 1.97. The highest BCUT2D eigenvalue weighted by molar-refractivity contribution is 9.10. The van der Waals surface area contributed by atoms with Gasteiger partial charge in [0.15, 0.2) is 0 Å². The van der Waals surface area contributed by atoms with Gasteiger partial charge >= 0.3 is 6.18 Å². The quantitative estimate of drug-likeness (QED) is 0.659. The van der Waals surface area contributed by atoms with E-state index in [9.17, 15) is 22.4 Å². The molecule has 0 saturated heterocycles.